The van der Waals surface area contributed by atoms with Gasteiger partial charge in [0, 0.05) is 22.3 Å². The van der Waals surface area contributed by atoms with E-state index in [1.165, 1.54) is 27.8 Å². The van der Waals surface area contributed by atoms with Gasteiger partial charge >= 0.3 is 0 Å². The highest BCUT2D eigenvalue weighted by molar-refractivity contribution is 7.25. The number of amides is 1. The van der Waals surface area contributed by atoms with E-state index in [0.29, 0.717) is 16.8 Å². The van der Waals surface area contributed by atoms with Crippen LogP contribution < -0.4 is 10.5 Å². The van der Waals surface area contributed by atoms with Crippen molar-refractivity contribution in [3.8, 4) is 0 Å². The summed E-state index contributed by atoms with van der Waals surface area (Å²) < 4.78 is 3.06. The molecule has 27 heavy (non-hydrogen) atoms. The molecule has 0 atom stereocenters. The third-order valence-electron chi connectivity index (χ3n) is 5.07. The molecule has 1 aliphatic heterocycles. The largest absolute Gasteiger partial charge is 0.311 e. The smallest absolute Gasteiger partial charge is 0.271 e. The molecule has 0 saturated carbocycles. The zero-order valence-corrected chi connectivity index (χ0v) is 15.4. The summed E-state index contributed by atoms with van der Waals surface area (Å²) in [5, 5.41) is 0.984. The van der Waals surface area contributed by atoms with Gasteiger partial charge in [0.15, 0.2) is 0 Å². The van der Waals surface area contributed by atoms with Gasteiger partial charge in [-0.05, 0) is 30.5 Å². The van der Waals surface area contributed by atoms with E-state index in [4.69, 9.17) is 0 Å². The van der Waals surface area contributed by atoms with Crippen molar-refractivity contribution in [2.24, 2.45) is 0 Å². The number of hydrogen-bond acceptors (Lipinski definition) is 4. The Balaban J connectivity index is 1.52. The fourth-order valence-corrected chi connectivity index (χ4v) is 4.86. The van der Waals surface area contributed by atoms with Crippen LogP contribution >= 0.6 is 11.3 Å². The van der Waals surface area contributed by atoms with E-state index in [9.17, 15) is 9.59 Å². The first-order valence-electron chi connectivity index (χ1n) is 8.97. The van der Waals surface area contributed by atoms with E-state index in [1.807, 2.05) is 42.5 Å². The summed E-state index contributed by atoms with van der Waals surface area (Å²) in [5.74, 6) is -0.0773. The lowest BCUT2D eigenvalue weighted by Gasteiger charge is -2.29. The summed E-state index contributed by atoms with van der Waals surface area (Å²) in [4.78, 5) is 32.1. The Morgan fingerprint density at radius 1 is 1.11 bits per heavy atom. The topological polar surface area (TPSA) is 55.2 Å². The average molecular weight is 375 g/mol. The summed E-state index contributed by atoms with van der Waals surface area (Å²) in [7, 11) is 0. The lowest BCUT2D eigenvalue weighted by Crippen LogP contribution is -2.39. The Kier molecular flexibility index (Phi) is 3.79. The maximum absolute atomic E-state index is 12.9. The number of aromatic nitrogens is 2. The number of hydrogen-bond donors (Lipinski definition) is 0. The van der Waals surface area contributed by atoms with Crippen molar-refractivity contribution in [1.82, 2.24) is 9.55 Å². The summed E-state index contributed by atoms with van der Waals surface area (Å²) in [6.07, 6.45) is 3.41. The Labute approximate surface area is 159 Å². The molecule has 3 heterocycles. The van der Waals surface area contributed by atoms with Crippen LogP contribution in [0.25, 0.3) is 20.3 Å². The van der Waals surface area contributed by atoms with E-state index in [2.05, 4.69) is 11.1 Å². The maximum atomic E-state index is 12.9. The van der Waals surface area contributed by atoms with Gasteiger partial charge in [-0.15, -0.1) is 11.3 Å². The predicted octanol–water partition coefficient (Wildman–Crippen LogP) is 3.59. The molecule has 1 aliphatic rings. The predicted molar refractivity (Wildman–Crippen MR) is 109 cm³/mol. The number of carbonyl (C=O) groups is 1. The van der Waals surface area contributed by atoms with Crippen LogP contribution in [0.1, 0.15) is 12.0 Å². The summed E-state index contributed by atoms with van der Waals surface area (Å²) >= 11 is 1.43. The molecule has 0 bridgehead atoms. The van der Waals surface area contributed by atoms with Gasteiger partial charge in [0.1, 0.15) is 11.2 Å². The first kappa shape index (κ1) is 16.2. The standard InChI is InChI=1S/C21H17N3O2S/c25-18(24-11-5-7-14-6-1-3-9-16(14)24)12-23-13-22-19-15-8-2-4-10-17(15)27-20(19)21(23)26/h1-4,6,8-10,13H,5,7,11-12H2. The molecule has 2 aromatic heterocycles. The fraction of sp³-hybridized carbons (Fsp3) is 0.190. The second kappa shape index (κ2) is 6.32. The Morgan fingerprint density at radius 2 is 1.93 bits per heavy atom. The molecule has 5 rings (SSSR count). The molecule has 0 N–H and O–H groups in total. The zero-order chi connectivity index (χ0) is 18.4. The van der Waals surface area contributed by atoms with E-state index in [1.54, 1.807) is 4.90 Å². The molecule has 2 aromatic carbocycles. The minimum absolute atomic E-state index is 0.00432. The van der Waals surface area contributed by atoms with Crippen LogP contribution in [0.15, 0.2) is 59.7 Å². The summed E-state index contributed by atoms with van der Waals surface area (Å²) in [6, 6.07) is 15.8. The number of fused-ring (bicyclic) bond motifs is 4. The van der Waals surface area contributed by atoms with Gasteiger partial charge in [-0.1, -0.05) is 36.4 Å². The van der Waals surface area contributed by atoms with E-state index < -0.39 is 0 Å². The van der Waals surface area contributed by atoms with Crippen LogP contribution in [0.3, 0.4) is 0 Å². The monoisotopic (exact) mass is 375 g/mol. The second-order valence-corrected chi connectivity index (χ2v) is 7.78. The van der Waals surface area contributed by atoms with Gasteiger partial charge < -0.3 is 4.90 Å². The van der Waals surface area contributed by atoms with Gasteiger partial charge in [0.05, 0.1) is 11.8 Å². The van der Waals surface area contributed by atoms with Crippen LogP contribution in [-0.4, -0.2) is 22.0 Å². The molecular formula is C21H17N3O2S. The first-order chi connectivity index (χ1) is 13.2. The Morgan fingerprint density at radius 3 is 2.85 bits per heavy atom. The number of carbonyl (C=O) groups excluding carboxylic acids is 1. The number of nitrogens with zero attached hydrogens (tertiary/aromatic N) is 3. The third kappa shape index (κ3) is 2.64. The zero-order valence-electron chi connectivity index (χ0n) is 14.6. The van der Waals surface area contributed by atoms with Crippen LogP contribution in [0.4, 0.5) is 5.69 Å². The lowest BCUT2D eigenvalue weighted by molar-refractivity contribution is -0.119. The molecule has 0 aliphatic carbocycles. The molecule has 0 fully saturated rings. The van der Waals surface area contributed by atoms with Crippen LogP contribution in [0.5, 0.6) is 0 Å². The minimum Gasteiger partial charge on any atom is -0.311 e. The van der Waals surface area contributed by atoms with Crippen molar-refractivity contribution in [2.75, 3.05) is 11.4 Å². The number of rotatable bonds is 2. The number of anilines is 1. The molecule has 5 nitrogen and oxygen atoms in total. The molecule has 4 aromatic rings. The van der Waals surface area contributed by atoms with Crippen LogP contribution in [0.2, 0.25) is 0 Å². The molecule has 1 amide bonds. The number of thiophene rings is 1. The summed E-state index contributed by atoms with van der Waals surface area (Å²) in [6.45, 7) is 0.688. The second-order valence-electron chi connectivity index (χ2n) is 6.73. The quantitative estimate of drug-likeness (QED) is 0.538. The highest BCUT2D eigenvalue weighted by atomic mass is 32.1. The van der Waals surface area contributed by atoms with Gasteiger partial charge in [-0.3, -0.25) is 14.2 Å². The first-order valence-corrected chi connectivity index (χ1v) is 9.79. The van der Waals surface area contributed by atoms with Crippen molar-refractivity contribution < 1.29 is 4.79 Å². The molecule has 0 saturated heterocycles. The van der Waals surface area contributed by atoms with Gasteiger partial charge in [0.2, 0.25) is 5.91 Å². The number of aryl methyl sites for hydroxylation is 1. The highest BCUT2D eigenvalue weighted by Crippen LogP contribution is 2.30. The number of para-hydroxylation sites is 1. The Bertz CT molecular complexity index is 1240. The van der Waals surface area contributed by atoms with Crippen molar-refractivity contribution in [3.63, 3.8) is 0 Å². The van der Waals surface area contributed by atoms with E-state index in [0.717, 1.165) is 28.6 Å². The third-order valence-corrected chi connectivity index (χ3v) is 6.22. The Hall–Kier alpha value is -2.99. The van der Waals surface area contributed by atoms with Gasteiger partial charge in [0.25, 0.3) is 5.56 Å². The fourth-order valence-electron chi connectivity index (χ4n) is 3.75. The average Bonchev–Trinajstić information content (AvgIpc) is 3.09. The van der Waals surface area contributed by atoms with Crippen molar-refractivity contribution in [3.05, 3.63) is 70.8 Å². The normalized spacial score (nSPS) is 13.9. The van der Waals surface area contributed by atoms with E-state index >= 15 is 0 Å². The SMILES string of the molecule is O=C(Cn1cnc2c(sc3ccccc32)c1=O)N1CCCc2ccccc21. The molecule has 134 valence electrons. The van der Waals surface area contributed by atoms with Crippen LogP contribution in [-0.2, 0) is 17.8 Å². The maximum Gasteiger partial charge on any atom is 0.271 e. The molecular weight excluding hydrogens is 358 g/mol. The molecule has 0 unspecified atom stereocenters. The van der Waals surface area contributed by atoms with Crippen LogP contribution in [0, 0.1) is 0 Å². The van der Waals surface area contributed by atoms with E-state index in [-0.39, 0.29) is 18.0 Å². The lowest BCUT2D eigenvalue weighted by atomic mass is 10.0. The summed E-state index contributed by atoms with van der Waals surface area (Å²) in [5.41, 5.74) is 2.70. The highest BCUT2D eigenvalue weighted by Gasteiger charge is 2.23. The minimum atomic E-state index is -0.153. The number of benzene rings is 2. The van der Waals surface area contributed by atoms with Crippen molar-refractivity contribution in [1.29, 1.82) is 0 Å². The van der Waals surface area contributed by atoms with Gasteiger partial charge in [-0.2, -0.15) is 0 Å². The molecule has 6 heteroatoms. The molecule has 0 spiro atoms. The van der Waals surface area contributed by atoms with Crippen molar-refractivity contribution >= 4 is 43.2 Å². The van der Waals surface area contributed by atoms with Crippen molar-refractivity contribution in [2.45, 2.75) is 19.4 Å². The molecule has 0 radical (unpaired) electrons. The van der Waals surface area contributed by atoms with Gasteiger partial charge in [-0.25, -0.2) is 4.98 Å².